The van der Waals surface area contributed by atoms with E-state index in [1.807, 2.05) is 0 Å². The average molecular weight is 924 g/mol. The van der Waals surface area contributed by atoms with Gasteiger partial charge in [0.25, 0.3) is 0 Å². The molecule has 0 saturated carbocycles. The molecule has 0 radical (unpaired) electrons. The van der Waals surface area contributed by atoms with Crippen molar-refractivity contribution in [2.75, 3.05) is 13.2 Å². The molecule has 0 aliphatic heterocycles. The minimum atomic E-state index is -0.784. The summed E-state index contributed by atoms with van der Waals surface area (Å²) in [6, 6.07) is 0. The number of unbranched alkanes of at least 4 members (excludes halogenated alkanes) is 30. The molecule has 0 saturated heterocycles. The van der Waals surface area contributed by atoms with E-state index in [2.05, 4.69) is 81.5 Å². The fourth-order valence-electron chi connectivity index (χ4n) is 8.02. The first-order valence-corrected chi connectivity index (χ1v) is 28.3. The van der Waals surface area contributed by atoms with Crippen molar-refractivity contribution in [1.82, 2.24) is 0 Å². The minimum Gasteiger partial charge on any atom is -0.462 e. The van der Waals surface area contributed by atoms with Gasteiger partial charge >= 0.3 is 17.9 Å². The van der Waals surface area contributed by atoms with Gasteiger partial charge in [-0.05, 0) is 83.5 Å². The summed E-state index contributed by atoms with van der Waals surface area (Å²) in [7, 11) is 0. The monoisotopic (exact) mass is 923 g/mol. The molecule has 0 aliphatic rings. The second kappa shape index (κ2) is 54.7. The van der Waals surface area contributed by atoms with Crippen molar-refractivity contribution in [3.63, 3.8) is 0 Å². The number of hydrogen-bond acceptors (Lipinski definition) is 6. The van der Waals surface area contributed by atoms with Crippen LogP contribution in [0.3, 0.4) is 0 Å². The van der Waals surface area contributed by atoms with Gasteiger partial charge in [0, 0.05) is 19.3 Å². The van der Waals surface area contributed by atoms with E-state index < -0.39 is 6.10 Å². The van der Waals surface area contributed by atoms with Crippen molar-refractivity contribution in [2.45, 2.75) is 290 Å². The Hall–Kier alpha value is -2.89. The molecule has 1 atom stereocenters. The summed E-state index contributed by atoms with van der Waals surface area (Å²) in [4.78, 5) is 38.0. The number of carbonyl (C=O) groups excluding carboxylic acids is 3. The number of rotatable bonds is 51. The molecule has 0 spiro atoms. The van der Waals surface area contributed by atoms with Crippen LogP contribution in [0.2, 0.25) is 0 Å². The highest BCUT2D eigenvalue weighted by Crippen LogP contribution is 2.16. The molecule has 0 fully saturated rings. The molecule has 6 heteroatoms. The fourth-order valence-corrected chi connectivity index (χ4v) is 8.02. The van der Waals surface area contributed by atoms with Gasteiger partial charge in [0.15, 0.2) is 6.10 Å². The quantitative estimate of drug-likeness (QED) is 0.0262. The van der Waals surface area contributed by atoms with Crippen LogP contribution in [0.1, 0.15) is 284 Å². The van der Waals surface area contributed by atoms with Crippen molar-refractivity contribution >= 4 is 17.9 Å². The smallest absolute Gasteiger partial charge is 0.306 e. The Morgan fingerprint density at radius 1 is 0.318 bits per heavy atom. The highest BCUT2D eigenvalue weighted by Gasteiger charge is 2.19. The maximum Gasteiger partial charge on any atom is 0.306 e. The summed E-state index contributed by atoms with van der Waals surface area (Å²) in [6.45, 7) is 6.50. The number of esters is 3. The topological polar surface area (TPSA) is 78.9 Å². The van der Waals surface area contributed by atoms with Gasteiger partial charge in [-0.1, -0.05) is 242 Å². The Bertz CT molecular complexity index is 1200. The van der Waals surface area contributed by atoms with Crippen LogP contribution >= 0.6 is 0 Å². The van der Waals surface area contributed by atoms with Crippen molar-refractivity contribution in [2.24, 2.45) is 0 Å². The van der Waals surface area contributed by atoms with Crippen molar-refractivity contribution < 1.29 is 28.6 Å². The van der Waals surface area contributed by atoms with Crippen LogP contribution in [0, 0.1) is 0 Å². The number of hydrogen-bond donors (Lipinski definition) is 0. The summed E-state index contributed by atoms with van der Waals surface area (Å²) >= 11 is 0. The van der Waals surface area contributed by atoms with E-state index in [1.54, 1.807) is 0 Å². The lowest BCUT2D eigenvalue weighted by atomic mass is 10.0. The number of ether oxygens (including phenoxy) is 3. The third-order valence-electron chi connectivity index (χ3n) is 12.3. The number of carbonyl (C=O) groups is 3. The van der Waals surface area contributed by atoms with Gasteiger partial charge in [-0.3, -0.25) is 14.4 Å². The van der Waals surface area contributed by atoms with Gasteiger partial charge in [-0.2, -0.15) is 0 Å². The first-order valence-electron chi connectivity index (χ1n) is 28.3. The number of allylic oxidation sites excluding steroid dienone is 10. The summed E-state index contributed by atoms with van der Waals surface area (Å²) < 4.78 is 16.8. The van der Waals surface area contributed by atoms with Gasteiger partial charge in [-0.15, -0.1) is 0 Å². The van der Waals surface area contributed by atoms with Crippen LogP contribution in [0.25, 0.3) is 0 Å². The molecule has 0 aliphatic carbocycles. The Morgan fingerprint density at radius 3 is 0.939 bits per heavy atom. The molecular formula is C60H106O6. The van der Waals surface area contributed by atoms with E-state index in [0.29, 0.717) is 19.3 Å². The molecule has 0 rings (SSSR count). The lowest BCUT2D eigenvalue weighted by Crippen LogP contribution is -2.30. The molecule has 0 bridgehead atoms. The molecule has 0 aromatic rings. The highest BCUT2D eigenvalue weighted by molar-refractivity contribution is 5.71. The van der Waals surface area contributed by atoms with E-state index in [0.717, 1.165) is 96.3 Å². The zero-order valence-electron chi connectivity index (χ0n) is 43.7. The van der Waals surface area contributed by atoms with E-state index in [4.69, 9.17) is 14.2 Å². The van der Waals surface area contributed by atoms with Crippen LogP contribution in [-0.2, 0) is 28.6 Å². The predicted octanol–water partition coefficient (Wildman–Crippen LogP) is 18.8. The second-order valence-corrected chi connectivity index (χ2v) is 18.8. The molecule has 0 aromatic carbocycles. The maximum atomic E-state index is 12.8. The van der Waals surface area contributed by atoms with Gasteiger partial charge in [0.2, 0.25) is 0 Å². The van der Waals surface area contributed by atoms with Gasteiger partial charge in [0.1, 0.15) is 13.2 Å². The SMILES string of the molecule is CC/C=C\C/C=C\C/C=C\C/C=C\CCCCCCC(=O)OC(COC(=O)CCCCCCCCCC)COC(=O)CCCCCCCCCCCCC/C=C\CCCCCCCCCC. The molecule has 66 heavy (non-hydrogen) atoms. The van der Waals surface area contributed by atoms with Gasteiger partial charge in [0.05, 0.1) is 0 Å². The molecule has 6 nitrogen and oxygen atoms in total. The third-order valence-corrected chi connectivity index (χ3v) is 12.3. The van der Waals surface area contributed by atoms with Crippen molar-refractivity contribution in [3.05, 3.63) is 60.8 Å². The largest absolute Gasteiger partial charge is 0.462 e. The van der Waals surface area contributed by atoms with Crippen LogP contribution in [0.5, 0.6) is 0 Å². The normalized spacial score (nSPS) is 12.5. The minimum absolute atomic E-state index is 0.0828. The molecule has 0 aromatic heterocycles. The van der Waals surface area contributed by atoms with Gasteiger partial charge < -0.3 is 14.2 Å². The van der Waals surface area contributed by atoms with Gasteiger partial charge in [-0.25, -0.2) is 0 Å². The molecule has 382 valence electrons. The maximum absolute atomic E-state index is 12.8. The molecular weight excluding hydrogens is 817 g/mol. The first-order chi connectivity index (χ1) is 32.5. The lowest BCUT2D eigenvalue weighted by molar-refractivity contribution is -0.167. The second-order valence-electron chi connectivity index (χ2n) is 18.8. The van der Waals surface area contributed by atoms with Crippen LogP contribution in [0.4, 0.5) is 0 Å². The lowest BCUT2D eigenvalue weighted by Gasteiger charge is -2.18. The Kier molecular flexibility index (Phi) is 52.3. The molecule has 0 heterocycles. The Morgan fingerprint density at radius 2 is 0.591 bits per heavy atom. The van der Waals surface area contributed by atoms with Crippen LogP contribution in [0.15, 0.2) is 60.8 Å². The third kappa shape index (κ3) is 52.1. The van der Waals surface area contributed by atoms with E-state index >= 15 is 0 Å². The summed E-state index contributed by atoms with van der Waals surface area (Å²) in [5, 5.41) is 0. The first kappa shape index (κ1) is 63.1. The van der Waals surface area contributed by atoms with Crippen LogP contribution in [-0.4, -0.2) is 37.2 Å². The Balaban J connectivity index is 4.23. The molecule has 0 amide bonds. The van der Waals surface area contributed by atoms with E-state index in [1.165, 1.54) is 148 Å². The summed E-state index contributed by atoms with van der Waals surface area (Å²) in [6.07, 6.45) is 68.0. The average Bonchev–Trinajstić information content (AvgIpc) is 3.31. The van der Waals surface area contributed by atoms with Crippen molar-refractivity contribution in [1.29, 1.82) is 0 Å². The summed E-state index contributed by atoms with van der Waals surface area (Å²) in [5.74, 6) is -0.904. The Labute approximate surface area is 409 Å². The molecule has 0 N–H and O–H groups in total. The van der Waals surface area contributed by atoms with E-state index in [9.17, 15) is 14.4 Å². The van der Waals surface area contributed by atoms with Crippen molar-refractivity contribution in [3.8, 4) is 0 Å². The zero-order chi connectivity index (χ0) is 47.9. The predicted molar refractivity (Wildman–Crippen MR) is 284 cm³/mol. The fraction of sp³-hybridized carbons (Fsp3) is 0.783. The van der Waals surface area contributed by atoms with Crippen LogP contribution < -0.4 is 0 Å². The molecule has 1 unspecified atom stereocenters. The zero-order valence-corrected chi connectivity index (χ0v) is 43.7. The standard InChI is InChI=1S/C60H106O6/c1-4-7-10-13-16-19-21-23-25-27-28-29-30-31-32-34-35-37-39-41-44-47-50-53-59(62)65-56-57(55-64-58(61)52-49-46-43-18-15-12-9-6-3)66-60(63)54-51-48-45-42-40-38-36-33-26-24-22-20-17-14-11-8-5-2/h8,11,17,20,24,26-28,36,38,57H,4-7,9-10,12-16,18-19,21-23,25,29-35,37,39-56H2,1-3H3/b11-8-,20-17-,26-24-,28-27-,38-36-. The van der Waals surface area contributed by atoms with E-state index in [-0.39, 0.29) is 31.1 Å². The summed E-state index contributed by atoms with van der Waals surface area (Å²) in [5.41, 5.74) is 0. The highest BCUT2D eigenvalue weighted by atomic mass is 16.6.